The Morgan fingerprint density at radius 3 is 2.71 bits per heavy atom. The fourth-order valence-electron chi connectivity index (χ4n) is 1.53. The van der Waals surface area contributed by atoms with E-state index in [0.29, 0.717) is 18.3 Å². The molecule has 92 valence electrons. The zero-order valence-electron chi connectivity index (χ0n) is 10.3. The molecule has 2 heterocycles. The van der Waals surface area contributed by atoms with Gasteiger partial charge in [0.1, 0.15) is 0 Å². The number of aromatic nitrogens is 3. The van der Waals surface area contributed by atoms with E-state index in [2.05, 4.69) is 10.1 Å². The molecule has 2 aromatic rings. The van der Waals surface area contributed by atoms with Crippen LogP contribution < -0.4 is 0 Å². The minimum atomic E-state index is -0.451. The summed E-state index contributed by atoms with van der Waals surface area (Å²) in [5, 5.41) is 13.3. The van der Waals surface area contributed by atoms with Crippen molar-refractivity contribution in [2.24, 2.45) is 0 Å². The molecule has 0 radical (unpaired) electrons. The highest BCUT2D eigenvalue weighted by atomic mass is 16.5. The van der Waals surface area contributed by atoms with E-state index < -0.39 is 6.10 Å². The Morgan fingerprint density at radius 1 is 1.41 bits per heavy atom. The smallest absolute Gasteiger partial charge is 0.229 e. The van der Waals surface area contributed by atoms with Crippen molar-refractivity contribution in [2.45, 2.75) is 39.3 Å². The van der Waals surface area contributed by atoms with Crippen LogP contribution in [0.2, 0.25) is 0 Å². The summed E-state index contributed by atoms with van der Waals surface area (Å²) < 4.78 is 7.06. The predicted molar refractivity (Wildman–Crippen MR) is 62.6 cm³/mol. The molecule has 0 aliphatic rings. The predicted octanol–water partition coefficient (Wildman–Crippen LogP) is 2.10. The first kappa shape index (κ1) is 11.9. The van der Waals surface area contributed by atoms with Gasteiger partial charge in [-0.25, -0.2) is 0 Å². The van der Waals surface area contributed by atoms with Crippen LogP contribution in [0, 0.1) is 0 Å². The lowest BCUT2D eigenvalue weighted by Gasteiger charge is -1.99. The maximum atomic E-state index is 9.42. The summed E-state index contributed by atoms with van der Waals surface area (Å²) in [7, 11) is 0. The summed E-state index contributed by atoms with van der Waals surface area (Å²) in [5.41, 5.74) is 0.887. The average Bonchev–Trinajstić information content (AvgIpc) is 2.87. The van der Waals surface area contributed by atoms with Crippen LogP contribution in [0.1, 0.15) is 50.1 Å². The van der Waals surface area contributed by atoms with Crippen LogP contribution in [0.25, 0.3) is 0 Å². The highest BCUT2D eigenvalue weighted by Gasteiger charge is 2.10. The van der Waals surface area contributed by atoms with Crippen LogP contribution in [0.3, 0.4) is 0 Å². The third-order valence-electron chi connectivity index (χ3n) is 2.56. The SMILES string of the molecule is CC(C)c1nc(Cn2ccc(C(C)O)c2)no1. The molecular formula is C12H17N3O2. The molecule has 17 heavy (non-hydrogen) atoms. The summed E-state index contributed by atoms with van der Waals surface area (Å²) in [5.74, 6) is 1.55. The highest BCUT2D eigenvalue weighted by molar-refractivity contribution is 5.13. The minimum Gasteiger partial charge on any atom is -0.389 e. The first-order chi connectivity index (χ1) is 8.06. The van der Waals surface area contributed by atoms with E-state index in [1.807, 2.05) is 36.9 Å². The molecular weight excluding hydrogens is 218 g/mol. The third kappa shape index (κ3) is 2.74. The second kappa shape index (κ2) is 4.71. The van der Waals surface area contributed by atoms with Gasteiger partial charge in [0.25, 0.3) is 0 Å². The van der Waals surface area contributed by atoms with Gasteiger partial charge in [0.05, 0.1) is 12.6 Å². The van der Waals surface area contributed by atoms with Crippen LogP contribution in [-0.4, -0.2) is 19.8 Å². The standard InChI is InChI=1S/C12H17N3O2/c1-8(2)12-13-11(14-17-12)7-15-5-4-10(6-15)9(3)16/h4-6,8-9,16H,7H2,1-3H3. The zero-order valence-corrected chi connectivity index (χ0v) is 10.3. The first-order valence-electron chi connectivity index (χ1n) is 5.72. The van der Waals surface area contributed by atoms with E-state index in [-0.39, 0.29) is 5.92 Å². The lowest BCUT2D eigenvalue weighted by atomic mass is 10.2. The summed E-state index contributed by atoms with van der Waals surface area (Å²) >= 11 is 0. The van der Waals surface area contributed by atoms with Gasteiger partial charge in [-0.15, -0.1) is 0 Å². The van der Waals surface area contributed by atoms with Crippen LogP contribution in [0.4, 0.5) is 0 Å². The number of nitrogens with zero attached hydrogens (tertiary/aromatic N) is 3. The Hall–Kier alpha value is -1.62. The third-order valence-corrected chi connectivity index (χ3v) is 2.56. The van der Waals surface area contributed by atoms with Crippen molar-refractivity contribution < 1.29 is 9.63 Å². The van der Waals surface area contributed by atoms with E-state index >= 15 is 0 Å². The Labute approximate surface area is 100 Å². The van der Waals surface area contributed by atoms with Crippen LogP contribution >= 0.6 is 0 Å². The quantitative estimate of drug-likeness (QED) is 0.881. The molecule has 0 spiro atoms. The van der Waals surface area contributed by atoms with Gasteiger partial charge < -0.3 is 14.2 Å². The second-order valence-corrected chi connectivity index (χ2v) is 4.50. The Morgan fingerprint density at radius 2 is 2.18 bits per heavy atom. The van der Waals surface area contributed by atoms with Gasteiger partial charge in [-0.05, 0) is 18.6 Å². The maximum Gasteiger partial charge on any atom is 0.229 e. The zero-order chi connectivity index (χ0) is 12.4. The molecule has 0 amide bonds. The first-order valence-corrected chi connectivity index (χ1v) is 5.72. The molecule has 5 nitrogen and oxygen atoms in total. The van der Waals surface area contributed by atoms with E-state index in [4.69, 9.17) is 4.52 Å². The van der Waals surface area contributed by atoms with E-state index in [0.717, 1.165) is 5.56 Å². The van der Waals surface area contributed by atoms with Crippen LogP contribution in [0.15, 0.2) is 23.0 Å². The van der Waals surface area contributed by atoms with E-state index in [1.165, 1.54) is 0 Å². The van der Waals surface area contributed by atoms with Gasteiger partial charge in [0.15, 0.2) is 5.82 Å². The van der Waals surface area contributed by atoms with Crippen molar-refractivity contribution in [3.8, 4) is 0 Å². The van der Waals surface area contributed by atoms with E-state index in [1.54, 1.807) is 6.92 Å². The van der Waals surface area contributed by atoms with Crippen molar-refractivity contribution in [3.63, 3.8) is 0 Å². The number of hydrogen-bond donors (Lipinski definition) is 1. The highest BCUT2D eigenvalue weighted by Crippen LogP contribution is 2.14. The normalized spacial score (nSPS) is 13.2. The molecule has 2 rings (SSSR count). The number of aliphatic hydroxyl groups excluding tert-OH is 1. The molecule has 0 saturated heterocycles. The summed E-state index contributed by atoms with van der Waals surface area (Å²) in [6.45, 7) is 6.32. The maximum absolute atomic E-state index is 9.42. The monoisotopic (exact) mass is 235 g/mol. The Bertz CT molecular complexity index is 441. The van der Waals surface area contributed by atoms with Crippen LogP contribution in [-0.2, 0) is 6.54 Å². The molecule has 0 aliphatic heterocycles. The number of rotatable bonds is 4. The lowest BCUT2D eigenvalue weighted by Crippen LogP contribution is -1.99. The molecule has 1 atom stereocenters. The van der Waals surface area contributed by atoms with Gasteiger partial charge in [0.2, 0.25) is 5.89 Å². The molecule has 1 unspecified atom stereocenters. The molecule has 0 aromatic carbocycles. The van der Waals surface area contributed by atoms with Crippen molar-refractivity contribution in [1.82, 2.24) is 14.7 Å². The number of hydrogen-bond acceptors (Lipinski definition) is 4. The van der Waals surface area contributed by atoms with Crippen molar-refractivity contribution in [1.29, 1.82) is 0 Å². The van der Waals surface area contributed by atoms with Gasteiger partial charge >= 0.3 is 0 Å². The molecule has 0 saturated carbocycles. The van der Waals surface area contributed by atoms with Crippen LogP contribution in [0.5, 0.6) is 0 Å². The topological polar surface area (TPSA) is 64.1 Å². The van der Waals surface area contributed by atoms with Crippen molar-refractivity contribution in [3.05, 3.63) is 35.7 Å². The molecule has 0 bridgehead atoms. The summed E-state index contributed by atoms with van der Waals surface area (Å²) in [6, 6.07) is 1.88. The van der Waals surface area contributed by atoms with Gasteiger partial charge in [-0.1, -0.05) is 19.0 Å². The summed E-state index contributed by atoms with van der Waals surface area (Å²) in [4.78, 5) is 4.30. The average molecular weight is 235 g/mol. The second-order valence-electron chi connectivity index (χ2n) is 4.50. The fraction of sp³-hybridized carbons (Fsp3) is 0.500. The van der Waals surface area contributed by atoms with Gasteiger partial charge in [0, 0.05) is 18.3 Å². The molecule has 2 aromatic heterocycles. The number of aliphatic hydroxyl groups is 1. The van der Waals surface area contributed by atoms with Crippen molar-refractivity contribution in [2.75, 3.05) is 0 Å². The summed E-state index contributed by atoms with van der Waals surface area (Å²) in [6.07, 6.45) is 3.33. The fourth-order valence-corrected chi connectivity index (χ4v) is 1.53. The Kier molecular flexibility index (Phi) is 3.28. The Balaban J connectivity index is 2.08. The molecule has 1 N–H and O–H groups in total. The van der Waals surface area contributed by atoms with Gasteiger partial charge in [-0.3, -0.25) is 0 Å². The molecule has 0 fully saturated rings. The minimum absolute atomic E-state index is 0.244. The molecule has 0 aliphatic carbocycles. The van der Waals surface area contributed by atoms with Gasteiger partial charge in [-0.2, -0.15) is 4.98 Å². The van der Waals surface area contributed by atoms with Crippen molar-refractivity contribution >= 4 is 0 Å². The van der Waals surface area contributed by atoms with E-state index in [9.17, 15) is 5.11 Å². The lowest BCUT2D eigenvalue weighted by molar-refractivity contribution is 0.199. The largest absolute Gasteiger partial charge is 0.389 e. The molecule has 5 heteroatoms.